The van der Waals surface area contributed by atoms with E-state index in [2.05, 4.69) is 5.32 Å². The van der Waals surface area contributed by atoms with Crippen LogP contribution in [0.2, 0.25) is 0 Å². The molecule has 1 aliphatic heterocycles. The van der Waals surface area contributed by atoms with E-state index in [1.165, 1.54) is 7.11 Å². The molecule has 0 spiro atoms. The third-order valence-corrected chi connectivity index (χ3v) is 6.61. The number of esters is 1. The largest absolute Gasteiger partial charge is 0.491 e. The first-order valence-electron chi connectivity index (χ1n) is 13.2. The second kappa shape index (κ2) is 13.3. The number of nitrogens with one attached hydrogen (secondary N) is 1. The second-order valence-electron chi connectivity index (χ2n) is 10.7. The maximum atomic E-state index is 12.7. The van der Waals surface area contributed by atoms with Crippen molar-refractivity contribution in [2.75, 3.05) is 27.3 Å². The fraction of sp³-hybridized carbons (Fsp3) is 0.500. The smallest absolute Gasteiger partial charge is 0.407 e. The Labute approximate surface area is 225 Å². The van der Waals surface area contributed by atoms with Crippen molar-refractivity contribution in [1.29, 1.82) is 0 Å². The van der Waals surface area contributed by atoms with Crippen LogP contribution in [-0.4, -0.2) is 61.8 Å². The third-order valence-electron chi connectivity index (χ3n) is 6.61. The van der Waals surface area contributed by atoms with Gasteiger partial charge >= 0.3 is 12.1 Å². The van der Waals surface area contributed by atoms with Crippen molar-refractivity contribution in [3.8, 4) is 16.9 Å². The predicted molar refractivity (Wildman–Crippen MR) is 146 cm³/mol. The van der Waals surface area contributed by atoms with Gasteiger partial charge < -0.3 is 24.4 Å². The number of unbranched alkanes of at least 4 members (excludes halogenated alkanes) is 1. The molecule has 1 fully saturated rings. The Kier molecular flexibility index (Phi) is 10.2. The molecular weight excluding hydrogens is 484 g/mol. The molecule has 206 valence electrons. The summed E-state index contributed by atoms with van der Waals surface area (Å²) >= 11 is 0. The Bertz CT molecular complexity index is 1080. The number of alkyl carbamates (subject to hydrolysis) is 1. The lowest BCUT2D eigenvalue weighted by molar-refractivity contribution is -0.139. The molecule has 1 N–H and O–H groups in total. The fourth-order valence-electron chi connectivity index (χ4n) is 4.49. The summed E-state index contributed by atoms with van der Waals surface area (Å²) in [5.74, 6) is 0.644. The van der Waals surface area contributed by atoms with Gasteiger partial charge in [0.25, 0.3) is 0 Å². The van der Waals surface area contributed by atoms with Gasteiger partial charge in [0.1, 0.15) is 18.0 Å². The van der Waals surface area contributed by atoms with E-state index < -0.39 is 11.7 Å². The van der Waals surface area contributed by atoms with Gasteiger partial charge in [0.05, 0.1) is 19.6 Å². The van der Waals surface area contributed by atoms with E-state index in [1.807, 2.05) is 76.3 Å². The molecule has 8 heteroatoms. The van der Waals surface area contributed by atoms with Crippen LogP contribution in [-0.2, 0) is 25.5 Å². The minimum atomic E-state index is -0.510. The number of carbonyl (C=O) groups is 3. The highest BCUT2D eigenvalue weighted by molar-refractivity contribution is 5.81. The number of rotatable bonds is 11. The summed E-state index contributed by atoms with van der Waals surface area (Å²) in [6.45, 7) is 6.48. The summed E-state index contributed by atoms with van der Waals surface area (Å²) in [5, 5.41) is 2.76. The zero-order valence-electron chi connectivity index (χ0n) is 23.1. The first-order valence-corrected chi connectivity index (χ1v) is 13.2. The van der Waals surface area contributed by atoms with Gasteiger partial charge in [-0.05, 0) is 68.9 Å². The Morgan fingerprint density at radius 1 is 1.00 bits per heavy atom. The summed E-state index contributed by atoms with van der Waals surface area (Å²) in [6, 6.07) is 15.7. The highest BCUT2D eigenvalue weighted by Gasteiger charge is 2.36. The number of methoxy groups -OCH3 is 1. The number of amides is 2. The lowest BCUT2D eigenvalue weighted by Gasteiger charge is -2.20. The van der Waals surface area contributed by atoms with Gasteiger partial charge in [-0.25, -0.2) is 4.79 Å². The molecule has 2 aromatic carbocycles. The molecule has 0 aromatic heterocycles. The first kappa shape index (κ1) is 29.0. The summed E-state index contributed by atoms with van der Waals surface area (Å²) in [6.07, 6.45) is 3.07. The van der Waals surface area contributed by atoms with Crippen LogP contribution in [0.4, 0.5) is 4.79 Å². The van der Waals surface area contributed by atoms with E-state index in [1.54, 1.807) is 4.90 Å². The molecule has 38 heavy (non-hydrogen) atoms. The van der Waals surface area contributed by atoms with Crippen LogP contribution in [0.25, 0.3) is 11.1 Å². The number of hydrogen-bond donors (Lipinski definition) is 1. The minimum absolute atomic E-state index is 0.0142. The van der Waals surface area contributed by atoms with Crippen molar-refractivity contribution in [3.05, 3.63) is 54.1 Å². The standard InChI is InChI=1S/C30H40N2O6/c1-30(2,3)38-29(35)31-17-7-6-8-24-19-25(32(4)28(24)34)20-37-26-15-13-23(14-16-26)22-11-9-21(10-12-22)18-27(33)36-5/h9-16,24-25H,6-8,17-20H2,1-5H3,(H,31,35)/t24-,25+/m1/s1. The lowest BCUT2D eigenvalue weighted by Crippen LogP contribution is -2.33. The van der Waals surface area contributed by atoms with Crippen LogP contribution >= 0.6 is 0 Å². The lowest BCUT2D eigenvalue weighted by atomic mass is 9.98. The highest BCUT2D eigenvalue weighted by Crippen LogP contribution is 2.29. The van der Waals surface area contributed by atoms with Crippen LogP contribution < -0.4 is 10.1 Å². The zero-order valence-corrected chi connectivity index (χ0v) is 23.1. The van der Waals surface area contributed by atoms with Crippen LogP contribution in [0.5, 0.6) is 5.75 Å². The number of likely N-dealkylation sites (N-methyl/N-ethyl adjacent to an activating group) is 1. The first-order chi connectivity index (χ1) is 18.1. The van der Waals surface area contributed by atoms with E-state index in [9.17, 15) is 14.4 Å². The SMILES string of the molecule is COC(=O)Cc1ccc(-c2ccc(OC[C@@H]3C[C@@H](CCCCNC(=O)OC(C)(C)C)C(=O)N3C)cc2)cc1. The van der Waals surface area contributed by atoms with E-state index >= 15 is 0 Å². The fourth-order valence-corrected chi connectivity index (χ4v) is 4.49. The van der Waals surface area contributed by atoms with Crippen molar-refractivity contribution in [1.82, 2.24) is 10.2 Å². The number of likely N-dealkylation sites (tertiary alicyclic amines) is 1. The van der Waals surface area contributed by atoms with Crippen LogP contribution in [0.15, 0.2) is 48.5 Å². The zero-order chi connectivity index (χ0) is 27.7. The van der Waals surface area contributed by atoms with Crippen LogP contribution in [0.3, 0.4) is 0 Å². The number of hydrogen-bond acceptors (Lipinski definition) is 6. The molecule has 0 bridgehead atoms. The Morgan fingerprint density at radius 2 is 1.63 bits per heavy atom. The predicted octanol–water partition coefficient (Wildman–Crippen LogP) is 4.99. The van der Waals surface area contributed by atoms with Crippen molar-refractivity contribution in [2.45, 2.75) is 64.5 Å². The molecule has 1 heterocycles. The van der Waals surface area contributed by atoms with E-state index in [0.717, 1.165) is 48.1 Å². The summed E-state index contributed by atoms with van der Waals surface area (Å²) < 4.78 is 16.0. The van der Waals surface area contributed by atoms with Crippen molar-refractivity contribution in [3.63, 3.8) is 0 Å². The van der Waals surface area contributed by atoms with Gasteiger partial charge in [-0.1, -0.05) is 42.8 Å². The number of ether oxygens (including phenoxy) is 3. The molecule has 1 aliphatic rings. The molecule has 0 radical (unpaired) electrons. The number of carbonyl (C=O) groups excluding carboxylic acids is 3. The summed E-state index contributed by atoms with van der Waals surface area (Å²) in [5.41, 5.74) is 2.50. The summed E-state index contributed by atoms with van der Waals surface area (Å²) in [7, 11) is 3.23. The molecular formula is C30H40N2O6. The second-order valence-corrected chi connectivity index (χ2v) is 10.7. The molecule has 0 saturated carbocycles. The van der Waals surface area contributed by atoms with Gasteiger partial charge in [-0.15, -0.1) is 0 Å². The molecule has 0 unspecified atom stereocenters. The van der Waals surface area contributed by atoms with E-state index in [0.29, 0.717) is 13.2 Å². The average Bonchev–Trinajstić information content (AvgIpc) is 3.15. The number of nitrogens with zero attached hydrogens (tertiary/aromatic N) is 1. The maximum absolute atomic E-state index is 12.7. The Hall–Kier alpha value is -3.55. The molecule has 8 nitrogen and oxygen atoms in total. The van der Waals surface area contributed by atoms with Crippen molar-refractivity contribution < 1.29 is 28.6 Å². The van der Waals surface area contributed by atoms with E-state index in [4.69, 9.17) is 14.2 Å². The Balaban J connectivity index is 1.41. The third kappa shape index (κ3) is 8.78. The average molecular weight is 525 g/mol. The van der Waals surface area contributed by atoms with Crippen molar-refractivity contribution >= 4 is 18.0 Å². The molecule has 0 aliphatic carbocycles. The summed E-state index contributed by atoms with van der Waals surface area (Å²) in [4.78, 5) is 37.7. The van der Waals surface area contributed by atoms with Gasteiger partial charge in [-0.3, -0.25) is 9.59 Å². The normalized spacial score (nSPS) is 17.3. The van der Waals surface area contributed by atoms with Crippen LogP contribution in [0.1, 0.15) is 52.0 Å². The van der Waals surface area contributed by atoms with Gasteiger partial charge in [0.2, 0.25) is 5.91 Å². The minimum Gasteiger partial charge on any atom is -0.491 e. The van der Waals surface area contributed by atoms with E-state index in [-0.39, 0.29) is 30.3 Å². The molecule has 3 rings (SSSR count). The molecule has 2 atom stereocenters. The van der Waals surface area contributed by atoms with Gasteiger partial charge in [-0.2, -0.15) is 0 Å². The monoisotopic (exact) mass is 524 g/mol. The Morgan fingerprint density at radius 3 is 2.24 bits per heavy atom. The van der Waals surface area contributed by atoms with Crippen LogP contribution in [0, 0.1) is 5.92 Å². The molecule has 1 saturated heterocycles. The molecule has 2 amide bonds. The topological polar surface area (TPSA) is 94.2 Å². The van der Waals surface area contributed by atoms with Crippen molar-refractivity contribution in [2.24, 2.45) is 5.92 Å². The quantitative estimate of drug-likeness (QED) is 0.329. The maximum Gasteiger partial charge on any atom is 0.407 e. The highest BCUT2D eigenvalue weighted by atomic mass is 16.6. The molecule has 2 aromatic rings. The number of benzene rings is 2. The van der Waals surface area contributed by atoms with Gasteiger partial charge in [0.15, 0.2) is 0 Å². The van der Waals surface area contributed by atoms with Gasteiger partial charge in [0, 0.05) is 19.5 Å².